The van der Waals surface area contributed by atoms with Crippen molar-refractivity contribution >= 4 is 0 Å². The lowest BCUT2D eigenvalue weighted by Gasteiger charge is -2.37. The van der Waals surface area contributed by atoms with Gasteiger partial charge < -0.3 is 10.1 Å². The molecular formula is C18H22N2O. The minimum atomic E-state index is 0.638. The maximum absolute atomic E-state index is 5.45. The number of benzene rings is 1. The molecule has 1 aromatic heterocycles. The molecule has 3 nitrogen and oxygen atoms in total. The van der Waals surface area contributed by atoms with Crippen LogP contribution in [0, 0.1) is 0 Å². The van der Waals surface area contributed by atoms with Crippen molar-refractivity contribution in [3.8, 4) is 5.75 Å². The number of pyridine rings is 1. The molecule has 1 aliphatic rings. The fourth-order valence-electron chi connectivity index (χ4n) is 3.01. The van der Waals surface area contributed by atoms with Crippen molar-refractivity contribution in [1.29, 1.82) is 0 Å². The zero-order chi connectivity index (χ0) is 14.5. The summed E-state index contributed by atoms with van der Waals surface area (Å²) < 4.78 is 5.45. The van der Waals surface area contributed by atoms with E-state index >= 15 is 0 Å². The van der Waals surface area contributed by atoms with Crippen LogP contribution in [0.3, 0.4) is 0 Å². The minimum absolute atomic E-state index is 0.638. The van der Waals surface area contributed by atoms with Crippen LogP contribution in [0.2, 0.25) is 0 Å². The normalized spacial score (nSPS) is 20.8. The first-order valence-corrected chi connectivity index (χ1v) is 7.62. The standard InChI is InChI=1S/C18H22N2O/c1-21-18-5-3-2-4-17(18)15-12-16(13-15)20-11-8-14-6-9-19-10-7-14/h2-7,9-10,15-16,20H,8,11-13H2,1H3. The maximum atomic E-state index is 5.45. The third-order valence-electron chi connectivity index (χ3n) is 4.31. The van der Waals surface area contributed by atoms with E-state index in [1.165, 1.54) is 24.0 Å². The molecule has 110 valence electrons. The fourth-order valence-corrected chi connectivity index (χ4v) is 3.01. The van der Waals surface area contributed by atoms with E-state index in [0.29, 0.717) is 12.0 Å². The van der Waals surface area contributed by atoms with Gasteiger partial charge in [-0.15, -0.1) is 0 Å². The Morgan fingerprint density at radius 1 is 1.14 bits per heavy atom. The summed E-state index contributed by atoms with van der Waals surface area (Å²) in [5.74, 6) is 1.66. The van der Waals surface area contributed by atoms with Crippen molar-refractivity contribution in [3.05, 3.63) is 59.9 Å². The second-order valence-electron chi connectivity index (χ2n) is 5.67. The highest BCUT2D eigenvalue weighted by Gasteiger charge is 2.31. The molecule has 2 aromatic rings. The van der Waals surface area contributed by atoms with Gasteiger partial charge in [0, 0.05) is 18.4 Å². The number of aromatic nitrogens is 1. The highest BCUT2D eigenvalue weighted by molar-refractivity contribution is 5.37. The summed E-state index contributed by atoms with van der Waals surface area (Å²) in [4.78, 5) is 4.04. The first kappa shape index (κ1) is 14.1. The Bertz CT molecular complexity index is 564. The average molecular weight is 282 g/mol. The fraction of sp³-hybridized carbons (Fsp3) is 0.389. The van der Waals surface area contributed by atoms with E-state index in [1.807, 2.05) is 18.5 Å². The van der Waals surface area contributed by atoms with Crippen molar-refractivity contribution in [2.75, 3.05) is 13.7 Å². The van der Waals surface area contributed by atoms with Crippen LogP contribution in [-0.2, 0) is 6.42 Å². The summed E-state index contributed by atoms with van der Waals surface area (Å²) in [6.45, 7) is 1.04. The lowest BCUT2D eigenvalue weighted by atomic mass is 9.75. The number of hydrogen-bond acceptors (Lipinski definition) is 3. The smallest absolute Gasteiger partial charge is 0.122 e. The number of nitrogens with zero attached hydrogens (tertiary/aromatic N) is 1. The molecule has 1 heterocycles. The number of hydrogen-bond donors (Lipinski definition) is 1. The van der Waals surface area contributed by atoms with Crippen LogP contribution in [0.5, 0.6) is 5.75 Å². The molecule has 1 saturated carbocycles. The van der Waals surface area contributed by atoms with Crippen LogP contribution in [-0.4, -0.2) is 24.7 Å². The van der Waals surface area contributed by atoms with Crippen LogP contribution < -0.4 is 10.1 Å². The van der Waals surface area contributed by atoms with Crippen molar-refractivity contribution < 1.29 is 4.74 Å². The Kier molecular flexibility index (Phi) is 4.51. The first-order valence-electron chi connectivity index (χ1n) is 7.62. The van der Waals surface area contributed by atoms with Crippen LogP contribution in [0.1, 0.15) is 29.9 Å². The molecule has 1 aliphatic carbocycles. The lowest BCUT2D eigenvalue weighted by molar-refractivity contribution is 0.285. The van der Waals surface area contributed by atoms with Crippen molar-refractivity contribution in [2.24, 2.45) is 0 Å². The SMILES string of the molecule is COc1ccccc1C1CC(NCCc2ccncc2)C1. The van der Waals surface area contributed by atoms with E-state index < -0.39 is 0 Å². The van der Waals surface area contributed by atoms with Gasteiger partial charge in [0.25, 0.3) is 0 Å². The molecule has 0 aliphatic heterocycles. The highest BCUT2D eigenvalue weighted by Crippen LogP contribution is 2.40. The predicted octanol–water partition coefficient (Wildman–Crippen LogP) is 3.17. The minimum Gasteiger partial charge on any atom is -0.496 e. The lowest BCUT2D eigenvalue weighted by Crippen LogP contribution is -2.41. The summed E-state index contributed by atoms with van der Waals surface area (Å²) in [5, 5.41) is 3.64. The van der Waals surface area contributed by atoms with Gasteiger partial charge in [-0.05, 0) is 61.1 Å². The molecule has 21 heavy (non-hydrogen) atoms. The third-order valence-corrected chi connectivity index (χ3v) is 4.31. The molecule has 0 unspecified atom stereocenters. The molecule has 3 heteroatoms. The highest BCUT2D eigenvalue weighted by atomic mass is 16.5. The van der Waals surface area contributed by atoms with Crippen molar-refractivity contribution in [1.82, 2.24) is 10.3 Å². The molecule has 0 amide bonds. The topological polar surface area (TPSA) is 34.1 Å². The number of ether oxygens (including phenoxy) is 1. The van der Waals surface area contributed by atoms with Gasteiger partial charge in [0.1, 0.15) is 5.75 Å². The van der Waals surface area contributed by atoms with Crippen LogP contribution in [0.25, 0.3) is 0 Å². The Hall–Kier alpha value is -1.87. The zero-order valence-electron chi connectivity index (χ0n) is 12.5. The largest absolute Gasteiger partial charge is 0.496 e. The number of nitrogens with one attached hydrogen (secondary N) is 1. The summed E-state index contributed by atoms with van der Waals surface area (Å²) in [5.41, 5.74) is 2.70. The molecule has 0 saturated heterocycles. The monoisotopic (exact) mass is 282 g/mol. The van der Waals surface area contributed by atoms with Crippen LogP contribution >= 0.6 is 0 Å². The third kappa shape index (κ3) is 3.42. The number of methoxy groups -OCH3 is 1. The first-order chi connectivity index (χ1) is 10.4. The Labute approximate surface area is 126 Å². The summed E-state index contributed by atoms with van der Waals surface area (Å²) in [6, 6.07) is 13.2. The zero-order valence-corrected chi connectivity index (χ0v) is 12.5. The van der Waals surface area contributed by atoms with Crippen molar-refractivity contribution in [2.45, 2.75) is 31.2 Å². The Balaban J connectivity index is 1.44. The second-order valence-corrected chi connectivity index (χ2v) is 5.67. The van der Waals surface area contributed by atoms with E-state index in [0.717, 1.165) is 18.7 Å². The molecule has 1 aromatic carbocycles. The van der Waals surface area contributed by atoms with Crippen LogP contribution in [0.4, 0.5) is 0 Å². The molecule has 3 rings (SSSR count). The molecule has 0 spiro atoms. The van der Waals surface area contributed by atoms with Crippen LogP contribution in [0.15, 0.2) is 48.8 Å². The summed E-state index contributed by atoms with van der Waals surface area (Å²) in [6.07, 6.45) is 7.19. The van der Waals surface area contributed by atoms with E-state index in [4.69, 9.17) is 4.74 Å². The van der Waals surface area contributed by atoms with Gasteiger partial charge in [0.2, 0.25) is 0 Å². The van der Waals surface area contributed by atoms with E-state index in [-0.39, 0.29) is 0 Å². The summed E-state index contributed by atoms with van der Waals surface area (Å²) in [7, 11) is 1.75. The van der Waals surface area contributed by atoms with Gasteiger partial charge in [0.05, 0.1) is 7.11 Å². The van der Waals surface area contributed by atoms with E-state index in [9.17, 15) is 0 Å². The molecule has 1 N–H and O–H groups in total. The van der Waals surface area contributed by atoms with E-state index in [1.54, 1.807) is 7.11 Å². The molecule has 1 fully saturated rings. The average Bonchev–Trinajstić information content (AvgIpc) is 2.50. The number of para-hydroxylation sites is 1. The predicted molar refractivity (Wildman–Crippen MR) is 84.7 cm³/mol. The second kappa shape index (κ2) is 6.72. The Morgan fingerprint density at radius 3 is 2.67 bits per heavy atom. The van der Waals surface area contributed by atoms with Gasteiger partial charge in [-0.3, -0.25) is 4.98 Å². The summed E-state index contributed by atoms with van der Waals surface area (Å²) >= 11 is 0. The van der Waals surface area contributed by atoms with Gasteiger partial charge in [-0.1, -0.05) is 18.2 Å². The van der Waals surface area contributed by atoms with Gasteiger partial charge >= 0.3 is 0 Å². The van der Waals surface area contributed by atoms with Gasteiger partial charge in [0.15, 0.2) is 0 Å². The quantitative estimate of drug-likeness (QED) is 0.883. The van der Waals surface area contributed by atoms with E-state index in [2.05, 4.69) is 40.6 Å². The van der Waals surface area contributed by atoms with Gasteiger partial charge in [-0.2, -0.15) is 0 Å². The number of rotatable bonds is 6. The maximum Gasteiger partial charge on any atom is 0.122 e. The molecular weight excluding hydrogens is 260 g/mol. The molecule has 0 radical (unpaired) electrons. The Morgan fingerprint density at radius 2 is 1.90 bits per heavy atom. The molecule has 0 bridgehead atoms. The van der Waals surface area contributed by atoms with Gasteiger partial charge in [-0.25, -0.2) is 0 Å². The molecule has 0 atom stereocenters. The van der Waals surface area contributed by atoms with Crippen molar-refractivity contribution in [3.63, 3.8) is 0 Å².